The third-order valence-electron chi connectivity index (χ3n) is 4.67. The molecule has 0 spiro atoms. The molecule has 3 aromatic rings. The molecular weight excluding hydrogens is 386 g/mol. The van der Waals surface area contributed by atoms with Gasteiger partial charge in [-0.2, -0.15) is 0 Å². The number of hydrogen-bond acceptors (Lipinski definition) is 5. The molecule has 0 saturated carbocycles. The average molecular weight is 412 g/mol. The van der Waals surface area contributed by atoms with E-state index < -0.39 is 5.97 Å². The number of thioether (sulfide) groups is 1. The van der Waals surface area contributed by atoms with Crippen molar-refractivity contribution in [2.75, 3.05) is 5.75 Å². The Labute approximate surface area is 174 Å². The van der Waals surface area contributed by atoms with Crippen LogP contribution in [0.3, 0.4) is 0 Å². The summed E-state index contributed by atoms with van der Waals surface area (Å²) in [4.78, 5) is 10.6. The highest BCUT2D eigenvalue weighted by Gasteiger charge is 2.12. The van der Waals surface area contributed by atoms with Crippen LogP contribution < -0.4 is 4.74 Å². The van der Waals surface area contributed by atoms with Crippen LogP contribution in [0, 0.1) is 6.92 Å². The number of aliphatic carboxylic acids is 1. The summed E-state index contributed by atoms with van der Waals surface area (Å²) >= 11 is 1.58. The molecule has 0 aliphatic rings. The molecule has 0 saturated heterocycles. The van der Waals surface area contributed by atoms with Gasteiger partial charge in [-0.05, 0) is 42.5 Å². The van der Waals surface area contributed by atoms with Crippen molar-refractivity contribution in [1.29, 1.82) is 0 Å². The fraction of sp³-hybridized carbons (Fsp3) is 0.318. The molecule has 2 aromatic carbocycles. The van der Waals surface area contributed by atoms with Gasteiger partial charge >= 0.3 is 5.97 Å². The van der Waals surface area contributed by atoms with Gasteiger partial charge in [0, 0.05) is 19.2 Å². The average Bonchev–Trinajstić information content (AvgIpc) is 3.07. The van der Waals surface area contributed by atoms with E-state index in [1.807, 2.05) is 41.9 Å². The molecule has 1 heterocycles. The van der Waals surface area contributed by atoms with Gasteiger partial charge in [-0.15, -0.1) is 10.2 Å². The van der Waals surface area contributed by atoms with Crippen LogP contribution in [0.4, 0.5) is 0 Å². The number of benzene rings is 2. The third kappa shape index (κ3) is 5.60. The summed E-state index contributed by atoms with van der Waals surface area (Å²) in [6.45, 7) is 2.40. The van der Waals surface area contributed by atoms with E-state index in [9.17, 15) is 4.79 Å². The summed E-state index contributed by atoms with van der Waals surface area (Å²) in [5.74, 6) is 1.65. The van der Waals surface area contributed by atoms with E-state index in [1.54, 1.807) is 11.8 Å². The van der Waals surface area contributed by atoms with E-state index in [-0.39, 0.29) is 6.42 Å². The number of unbranched alkanes of at least 4 members (excludes halogenated alkanes) is 1. The molecule has 1 N–H and O–H groups in total. The Balaban J connectivity index is 1.59. The molecule has 0 unspecified atom stereocenters. The number of nitrogens with zero attached hydrogens (tertiary/aromatic N) is 3. The quantitative estimate of drug-likeness (QED) is 0.384. The van der Waals surface area contributed by atoms with Gasteiger partial charge in [-0.3, -0.25) is 4.79 Å². The van der Waals surface area contributed by atoms with Crippen molar-refractivity contribution < 1.29 is 14.6 Å². The fourth-order valence-corrected chi connectivity index (χ4v) is 3.91. The fourth-order valence-electron chi connectivity index (χ4n) is 2.98. The molecule has 0 aliphatic carbocycles. The van der Waals surface area contributed by atoms with Gasteiger partial charge in [0.1, 0.15) is 12.4 Å². The SMILES string of the molecule is Cc1c(OCc2nnc(SCCCCC(=O)O)n2C)cccc1-c1ccccc1. The van der Waals surface area contributed by atoms with Gasteiger partial charge in [0.15, 0.2) is 11.0 Å². The normalized spacial score (nSPS) is 10.8. The van der Waals surface area contributed by atoms with Crippen LogP contribution in [0.25, 0.3) is 11.1 Å². The molecule has 6 nitrogen and oxygen atoms in total. The highest BCUT2D eigenvalue weighted by atomic mass is 32.2. The first kappa shape index (κ1) is 20.9. The first-order chi connectivity index (χ1) is 14.1. The molecule has 0 atom stereocenters. The van der Waals surface area contributed by atoms with Crippen LogP contribution in [-0.4, -0.2) is 31.6 Å². The first-order valence-electron chi connectivity index (χ1n) is 9.57. The van der Waals surface area contributed by atoms with E-state index in [0.717, 1.165) is 45.6 Å². The minimum atomic E-state index is -0.750. The number of carbonyl (C=O) groups is 1. The summed E-state index contributed by atoms with van der Waals surface area (Å²) in [6.07, 6.45) is 1.72. The Hall–Kier alpha value is -2.80. The number of ether oxygens (including phenoxy) is 1. The van der Waals surface area contributed by atoms with E-state index in [2.05, 4.69) is 35.3 Å². The lowest BCUT2D eigenvalue weighted by atomic mass is 10.00. The topological polar surface area (TPSA) is 77.2 Å². The lowest BCUT2D eigenvalue weighted by Gasteiger charge is -2.13. The van der Waals surface area contributed by atoms with Crippen molar-refractivity contribution in [3.63, 3.8) is 0 Å². The predicted molar refractivity (Wildman–Crippen MR) is 114 cm³/mol. The van der Waals surface area contributed by atoms with Crippen LogP contribution in [0.15, 0.2) is 53.7 Å². The molecule has 0 amide bonds. The minimum absolute atomic E-state index is 0.208. The van der Waals surface area contributed by atoms with Crippen molar-refractivity contribution in [2.45, 2.75) is 37.9 Å². The van der Waals surface area contributed by atoms with Crippen LogP contribution in [0.1, 0.15) is 30.7 Å². The monoisotopic (exact) mass is 411 g/mol. The lowest BCUT2D eigenvalue weighted by molar-refractivity contribution is -0.137. The maximum absolute atomic E-state index is 10.6. The molecule has 0 aliphatic heterocycles. The number of rotatable bonds is 10. The first-order valence-corrected chi connectivity index (χ1v) is 10.6. The molecule has 1 aromatic heterocycles. The minimum Gasteiger partial charge on any atom is -0.485 e. The van der Waals surface area contributed by atoms with Crippen LogP contribution in [0.2, 0.25) is 0 Å². The largest absolute Gasteiger partial charge is 0.485 e. The Kier molecular flexibility index (Phi) is 7.30. The maximum Gasteiger partial charge on any atom is 0.303 e. The van der Waals surface area contributed by atoms with Gasteiger partial charge in [-0.1, -0.05) is 54.2 Å². The summed E-state index contributed by atoms with van der Waals surface area (Å²) in [6, 6.07) is 16.3. The molecule has 0 radical (unpaired) electrons. The molecule has 152 valence electrons. The summed E-state index contributed by atoms with van der Waals surface area (Å²) in [5.41, 5.74) is 3.41. The third-order valence-corrected chi connectivity index (χ3v) is 5.77. The van der Waals surface area contributed by atoms with E-state index >= 15 is 0 Å². The number of hydrogen-bond donors (Lipinski definition) is 1. The van der Waals surface area contributed by atoms with Crippen molar-refractivity contribution in [1.82, 2.24) is 14.8 Å². The predicted octanol–water partition coefficient (Wildman–Crippen LogP) is 4.72. The van der Waals surface area contributed by atoms with Gasteiger partial charge in [-0.25, -0.2) is 0 Å². The molecule has 29 heavy (non-hydrogen) atoms. The van der Waals surface area contributed by atoms with Gasteiger partial charge in [0.2, 0.25) is 0 Å². The Bertz CT molecular complexity index is 957. The number of aromatic nitrogens is 3. The Morgan fingerprint density at radius 1 is 1.10 bits per heavy atom. The van der Waals surface area contributed by atoms with E-state index in [1.165, 1.54) is 0 Å². The van der Waals surface area contributed by atoms with Gasteiger partial charge in [0.05, 0.1) is 0 Å². The van der Waals surface area contributed by atoms with E-state index in [4.69, 9.17) is 9.84 Å². The van der Waals surface area contributed by atoms with Gasteiger partial charge < -0.3 is 14.4 Å². The molecule has 0 fully saturated rings. The highest BCUT2D eigenvalue weighted by molar-refractivity contribution is 7.99. The maximum atomic E-state index is 10.6. The standard InChI is InChI=1S/C22H25N3O3S/c1-16-18(17-9-4-3-5-10-17)11-8-12-19(16)28-15-20-23-24-22(25(20)2)29-14-7-6-13-21(26)27/h3-5,8-12H,6-7,13-15H2,1-2H3,(H,26,27). The van der Waals surface area contributed by atoms with Gasteiger partial charge in [0.25, 0.3) is 0 Å². The molecule has 0 bridgehead atoms. The second kappa shape index (κ2) is 10.1. The zero-order valence-electron chi connectivity index (χ0n) is 16.7. The second-order valence-electron chi connectivity index (χ2n) is 6.74. The van der Waals surface area contributed by atoms with Crippen molar-refractivity contribution >= 4 is 17.7 Å². The zero-order valence-corrected chi connectivity index (χ0v) is 17.5. The van der Waals surface area contributed by atoms with Crippen molar-refractivity contribution in [2.24, 2.45) is 7.05 Å². The van der Waals surface area contributed by atoms with Crippen LogP contribution in [0.5, 0.6) is 5.75 Å². The summed E-state index contributed by atoms with van der Waals surface area (Å²) in [7, 11) is 1.92. The zero-order chi connectivity index (χ0) is 20.6. The summed E-state index contributed by atoms with van der Waals surface area (Å²) < 4.78 is 7.98. The number of carboxylic acids is 1. The highest BCUT2D eigenvalue weighted by Crippen LogP contribution is 2.30. The van der Waals surface area contributed by atoms with Crippen molar-refractivity contribution in [3.8, 4) is 16.9 Å². The Morgan fingerprint density at radius 2 is 1.90 bits per heavy atom. The van der Waals surface area contributed by atoms with E-state index in [0.29, 0.717) is 13.0 Å². The molecular formula is C22H25N3O3S. The van der Waals surface area contributed by atoms with Crippen LogP contribution >= 0.6 is 11.8 Å². The second-order valence-corrected chi connectivity index (χ2v) is 7.80. The molecule has 3 rings (SSSR count). The lowest BCUT2D eigenvalue weighted by Crippen LogP contribution is -2.05. The number of carboxylic acid groups (broad SMARTS) is 1. The smallest absolute Gasteiger partial charge is 0.303 e. The van der Waals surface area contributed by atoms with Crippen molar-refractivity contribution in [3.05, 3.63) is 59.9 Å². The Morgan fingerprint density at radius 3 is 2.66 bits per heavy atom. The molecule has 7 heteroatoms. The van der Waals surface area contributed by atoms with Crippen LogP contribution in [-0.2, 0) is 18.4 Å². The summed E-state index contributed by atoms with van der Waals surface area (Å²) in [5, 5.41) is 18.0.